The molecule has 1 saturated heterocycles. The zero-order chi connectivity index (χ0) is 22.8. The molecule has 0 unspecified atom stereocenters. The zero-order valence-corrected chi connectivity index (χ0v) is 17.9. The second-order valence-corrected chi connectivity index (χ2v) is 7.68. The van der Waals surface area contributed by atoms with Gasteiger partial charge in [-0.15, -0.1) is 0 Å². The normalized spacial score (nSPS) is 13.8. The van der Waals surface area contributed by atoms with Crippen LogP contribution in [0.25, 0.3) is 11.1 Å². The summed E-state index contributed by atoms with van der Waals surface area (Å²) in [5.74, 6) is 0.415. The van der Waals surface area contributed by atoms with E-state index in [1.165, 1.54) is 0 Å². The van der Waals surface area contributed by atoms with Gasteiger partial charge in [-0.25, -0.2) is 14.8 Å². The van der Waals surface area contributed by atoms with E-state index in [9.17, 15) is 9.59 Å². The molecule has 4 N–H and O–H groups in total. The zero-order valence-electron chi connectivity index (χ0n) is 17.9. The Hall–Kier alpha value is -4.25. The number of benzene rings is 1. The van der Waals surface area contributed by atoms with Gasteiger partial charge in [0.15, 0.2) is 5.58 Å². The van der Waals surface area contributed by atoms with Gasteiger partial charge in [-0.1, -0.05) is 0 Å². The number of nitrogens with zero attached hydrogens (tertiary/aromatic N) is 4. The molecule has 3 aromatic heterocycles. The van der Waals surface area contributed by atoms with Gasteiger partial charge in [0, 0.05) is 43.6 Å². The number of H-pyrrole nitrogens is 1. The smallest absolute Gasteiger partial charge is 0.408 e. The molecule has 1 aliphatic heterocycles. The van der Waals surface area contributed by atoms with Gasteiger partial charge < -0.3 is 25.3 Å². The van der Waals surface area contributed by atoms with Gasteiger partial charge >= 0.3 is 5.76 Å². The van der Waals surface area contributed by atoms with Crippen LogP contribution in [0, 0.1) is 6.92 Å². The molecule has 4 heterocycles. The standard InChI is InChI=1S/C22H22N8O3/c1-13-11-25-21(29-19(13)26-14-3-5-18-17(10-14)28-22(32)33-18)27-15-2-4-16(24-12-15)20(31)30-8-6-23-7-9-30/h2-5,10-12,23H,6-9H2,1H3,(H,28,32)(H2,25,26,27,29). The summed E-state index contributed by atoms with van der Waals surface area (Å²) in [6, 6.07) is 8.75. The topological polar surface area (TPSA) is 141 Å². The number of piperazine rings is 1. The number of carbonyl (C=O) groups is 1. The van der Waals surface area contributed by atoms with Crippen LogP contribution in [-0.2, 0) is 0 Å². The first-order valence-electron chi connectivity index (χ1n) is 10.5. The molecular weight excluding hydrogens is 424 g/mol. The van der Waals surface area contributed by atoms with Crippen LogP contribution in [0.1, 0.15) is 16.1 Å². The molecule has 0 saturated carbocycles. The largest absolute Gasteiger partial charge is 0.417 e. The summed E-state index contributed by atoms with van der Waals surface area (Å²) in [5, 5.41) is 9.58. The van der Waals surface area contributed by atoms with Crippen LogP contribution in [-0.4, -0.2) is 56.9 Å². The van der Waals surface area contributed by atoms with Crippen LogP contribution in [0.2, 0.25) is 0 Å². The summed E-state index contributed by atoms with van der Waals surface area (Å²) in [7, 11) is 0. The number of hydrogen-bond donors (Lipinski definition) is 4. The summed E-state index contributed by atoms with van der Waals surface area (Å²) in [4.78, 5) is 41.5. The molecule has 1 amide bonds. The third-order valence-corrected chi connectivity index (χ3v) is 5.30. The molecular formula is C22H22N8O3. The molecule has 5 rings (SSSR count). The lowest BCUT2D eigenvalue weighted by Crippen LogP contribution is -2.46. The average Bonchev–Trinajstić information content (AvgIpc) is 3.21. The van der Waals surface area contributed by atoms with E-state index < -0.39 is 5.76 Å². The van der Waals surface area contributed by atoms with Gasteiger partial charge in [-0.2, -0.15) is 4.98 Å². The minimum atomic E-state index is -0.499. The Morgan fingerprint density at radius 1 is 1.06 bits per heavy atom. The molecule has 0 radical (unpaired) electrons. The number of pyridine rings is 1. The molecule has 11 nitrogen and oxygen atoms in total. The van der Waals surface area contributed by atoms with Gasteiger partial charge in [0.25, 0.3) is 5.91 Å². The molecule has 168 valence electrons. The third-order valence-electron chi connectivity index (χ3n) is 5.30. The van der Waals surface area contributed by atoms with E-state index in [-0.39, 0.29) is 5.91 Å². The maximum Gasteiger partial charge on any atom is 0.417 e. The van der Waals surface area contributed by atoms with Crippen LogP contribution < -0.4 is 21.7 Å². The fourth-order valence-corrected chi connectivity index (χ4v) is 3.55. The highest BCUT2D eigenvalue weighted by Gasteiger charge is 2.19. The van der Waals surface area contributed by atoms with E-state index in [1.807, 2.05) is 6.92 Å². The number of aromatic amines is 1. The summed E-state index contributed by atoms with van der Waals surface area (Å²) in [6.45, 7) is 4.83. The van der Waals surface area contributed by atoms with Crippen LogP contribution >= 0.6 is 0 Å². The molecule has 0 bridgehead atoms. The van der Waals surface area contributed by atoms with Gasteiger partial charge in [0.1, 0.15) is 11.5 Å². The van der Waals surface area contributed by atoms with Crippen LogP contribution in [0.15, 0.2) is 51.9 Å². The predicted molar refractivity (Wildman–Crippen MR) is 123 cm³/mol. The van der Waals surface area contributed by atoms with Crippen LogP contribution in [0.5, 0.6) is 0 Å². The van der Waals surface area contributed by atoms with E-state index in [2.05, 4.69) is 35.9 Å². The Morgan fingerprint density at radius 2 is 1.88 bits per heavy atom. The lowest BCUT2D eigenvalue weighted by atomic mass is 10.2. The fraction of sp³-hybridized carbons (Fsp3) is 0.227. The lowest BCUT2D eigenvalue weighted by molar-refractivity contribution is 0.0730. The number of aryl methyl sites for hydroxylation is 1. The van der Waals surface area contributed by atoms with E-state index in [0.29, 0.717) is 47.3 Å². The summed E-state index contributed by atoms with van der Waals surface area (Å²) >= 11 is 0. The highest BCUT2D eigenvalue weighted by Crippen LogP contribution is 2.23. The van der Waals surface area contributed by atoms with E-state index >= 15 is 0 Å². The third kappa shape index (κ3) is 4.53. The maximum atomic E-state index is 12.6. The SMILES string of the molecule is Cc1cnc(Nc2ccc(C(=O)N3CCNCC3)nc2)nc1Nc1ccc2oc(=O)[nH]c2c1. The first-order chi connectivity index (χ1) is 16.0. The molecule has 1 aliphatic rings. The Kier molecular flexibility index (Phi) is 5.45. The molecule has 0 atom stereocenters. The molecule has 0 spiro atoms. The highest BCUT2D eigenvalue weighted by molar-refractivity contribution is 5.92. The van der Waals surface area contributed by atoms with Crippen molar-refractivity contribution >= 4 is 40.1 Å². The Bertz CT molecular complexity index is 1360. The number of oxazole rings is 1. The van der Waals surface area contributed by atoms with E-state index in [1.54, 1.807) is 47.6 Å². The number of anilines is 4. The van der Waals surface area contributed by atoms with E-state index in [4.69, 9.17) is 4.42 Å². The Labute approximate surface area is 188 Å². The number of nitrogens with one attached hydrogen (secondary N) is 4. The number of fused-ring (bicyclic) bond motifs is 1. The number of carbonyl (C=O) groups excluding carboxylic acids is 1. The number of rotatable bonds is 5. The minimum Gasteiger partial charge on any atom is -0.408 e. The number of aromatic nitrogens is 4. The molecule has 1 fully saturated rings. The van der Waals surface area contributed by atoms with E-state index in [0.717, 1.165) is 24.3 Å². The maximum absolute atomic E-state index is 12.6. The second-order valence-electron chi connectivity index (χ2n) is 7.68. The fourth-order valence-electron chi connectivity index (χ4n) is 3.55. The average molecular weight is 446 g/mol. The Morgan fingerprint density at radius 3 is 2.67 bits per heavy atom. The second kappa shape index (κ2) is 8.71. The number of amides is 1. The summed E-state index contributed by atoms with van der Waals surface area (Å²) < 4.78 is 5.03. The first-order valence-corrected chi connectivity index (χ1v) is 10.5. The van der Waals surface area contributed by atoms with Crippen molar-refractivity contribution in [1.82, 2.24) is 30.2 Å². The van der Waals surface area contributed by atoms with Crippen molar-refractivity contribution in [3.05, 3.63) is 64.5 Å². The molecule has 4 aromatic rings. The number of hydrogen-bond acceptors (Lipinski definition) is 9. The molecule has 33 heavy (non-hydrogen) atoms. The van der Waals surface area contributed by atoms with Crippen molar-refractivity contribution in [3.8, 4) is 0 Å². The summed E-state index contributed by atoms with van der Waals surface area (Å²) in [6.07, 6.45) is 3.29. The van der Waals surface area contributed by atoms with Crippen molar-refractivity contribution in [2.45, 2.75) is 6.92 Å². The highest BCUT2D eigenvalue weighted by atomic mass is 16.4. The van der Waals surface area contributed by atoms with Crippen molar-refractivity contribution in [1.29, 1.82) is 0 Å². The monoisotopic (exact) mass is 446 g/mol. The van der Waals surface area contributed by atoms with Crippen molar-refractivity contribution in [3.63, 3.8) is 0 Å². The molecule has 1 aromatic carbocycles. The van der Waals surface area contributed by atoms with Crippen molar-refractivity contribution in [2.24, 2.45) is 0 Å². The molecule has 0 aliphatic carbocycles. The van der Waals surface area contributed by atoms with Crippen LogP contribution in [0.3, 0.4) is 0 Å². The first kappa shape index (κ1) is 20.6. The lowest BCUT2D eigenvalue weighted by Gasteiger charge is -2.27. The van der Waals surface area contributed by atoms with Gasteiger partial charge in [0.05, 0.1) is 17.4 Å². The van der Waals surface area contributed by atoms with Gasteiger partial charge in [0.2, 0.25) is 5.95 Å². The predicted octanol–water partition coefficient (Wildman–Crippen LogP) is 2.15. The Balaban J connectivity index is 1.30. The quantitative estimate of drug-likeness (QED) is 0.363. The van der Waals surface area contributed by atoms with Gasteiger partial charge in [-0.3, -0.25) is 9.78 Å². The van der Waals surface area contributed by atoms with Crippen molar-refractivity contribution in [2.75, 3.05) is 36.8 Å². The van der Waals surface area contributed by atoms with Crippen LogP contribution in [0.4, 0.5) is 23.1 Å². The van der Waals surface area contributed by atoms with Gasteiger partial charge in [-0.05, 0) is 37.3 Å². The van der Waals surface area contributed by atoms with Crippen molar-refractivity contribution < 1.29 is 9.21 Å². The summed E-state index contributed by atoms with van der Waals surface area (Å²) in [5.41, 5.74) is 3.73. The molecule has 11 heteroatoms. The minimum absolute atomic E-state index is 0.0722.